The van der Waals surface area contributed by atoms with Crippen molar-refractivity contribution in [3.05, 3.63) is 58.6 Å². The number of hydrogen-bond acceptors (Lipinski definition) is 4. The van der Waals surface area contributed by atoms with Gasteiger partial charge in [0.2, 0.25) is 0 Å². The quantitative estimate of drug-likeness (QED) is 0.747. The van der Waals surface area contributed by atoms with Crippen molar-refractivity contribution in [2.24, 2.45) is 0 Å². The molecule has 2 aliphatic rings. The summed E-state index contributed by atoms with van der Waals surface area (Å²) >= 11 is 12.2. The van der Waals surface area contributed by atoms with E-state index in [1.165, 1.54) is 0 Å². The number of hydrogen-bond donors (Lipinski definition) is 1. The molecular formula is C22H24ClN3O2S. The first-order valence-corrected chi connectivity index (χ1v) is 10.4. The Morgan fingerprint density at radius 3 is 2.76 bits per heavy atom. The summed E-state index contributed by atoms with van der Waals surface area (Å²) in [7, 11) is 5.53. The number of nitrogens with one attached hydrogen (secondary N) is 1. The van der Waals surface area contributed by atoms with E-state index in [2.05, 4.69) is 10.2 Å². The number of fused-ring (bicyclic) bond motifs is 1. The first-order chi connectivity index (χ1) is 13.9. The van der Waals surface area contributed by atoms with Gasteiger partial charge in [-0.25, -0.2) is 0 Å². The molecule has 0 spiro atoms. The van der Waals surface area contributed by atoms with Crippen LogP contribution in [0.15, 0.2) is 42.5 Å². The van der Waals surface area contributed by atoms with E-state index >= 15 is 0 Å². The van der Waals surface area contributed by atoms with Crippen molar-refractivity contribution in [3.8, 4) is 5.75 Å². The molecule has 2 aliphatic heterocycles. The van der Waals surface area contributed by atoms with E-state index in [4.69, 9.17) is 28.6 Å². The van der Waals surface area contributed by atoms with Crippen LogP contribution in [0.3, 0.4) is 0 Å². The Morgan fingerprint density at radius 2 is 2.03 bits per heavy atom. The number of carbonyl (C=O) groups excluding carboxylic acids is 1. The van der Waals surface area contributed by atoms with Crippen LogP contribution in [0.1, 0.15) is 24.0 Å². The van der Waals surface area contributed by atoms with Gasteiger partial charge in [-0.15, -0.1) is 0 Å². The lowest BCUT2D eigenvalue weighted by atomic mass is 9.81. The number of halogens is 1. The molecule has 2 heterocycles. The zero-order valence-corrected chi connectivity index (χ0v) is 18.3. The van der Waals surface area contributed by atoms with E-state index in [9.17, 15) is 4.79 Å². The molecular weight excluding hydrogens is 406 g/mol. The Bertz CT molecular complexity index is 980. The molecule has 0 aromatic heterocycles. The fraction of sp³-hybridized carbons (Fsp3) is 0.364. The van der Waals surface area contributed by atoms with Gasteiger partial charge in [0.1, 0.15) is 5.75 Å². The SMILES string of the molecule is COc1ccccc1C1(N2CCC[C@H]2C(=S)N(C)C)C(=O)Nc2ccc(Cl)cc21. The lowest BCUT2D eigenvalue weighted by molar-refractivity contribution is -0.125. The minimum atomic E-state index is -1.06. The molecule has 0 saturated carbocycles. The first kappa shape index (κ1) is 20.1. The normalized spacial score (nSPS) is 23.6. The maximum Gasteiger partial charge on any atom is 0.254 e. The number of methoxy groups -OCH3 is 1. The summed E-state index contributed by atoms with van der Waals surface area (Å²) in [6, 6.07) is 13.2. The van der Waals surface area contributed by atoms with E-state index in [0.29, 0.717) is 10.8 Å². The minimum absolute atomic E-state index is 0.0411. The van der Waals surface area contributed by atoms with Crippen LogP contribution in [0.5, 0.6) is 5.75 Å². The second-order valence-corrected chi connectivity index (χ2v) is 8.49. The average Bonchev–Trinajstić information content (AvgIpc) is 3.30. The van der Waals surface area contributed by atoms with Crippen molar-refractivity contribution in [2.75, 3.05) is 33.1 Å². The number of likely N-dealkylation sites (tertiary alicyclic amines) is 1. The van der Waals surface area contributed by atoms with E-state index in [1.54, 1.807) is 13.2 Å². The minimum Gasteiger partial charge on any atom is -0.496 e. The zero-order chi connectivity index (χ0) is 20.8. The van der Waals surface area contributed by atoms with Gasteiger partial charge in [0.15, 0.2) is 5.54 Å². The molecule has 1 amide bonds. The molecule has 1 unspecified atom stereocenters. The van der Waals surface area contributed by atoms with Gasteiger partial charge in [0.25, 0.3) is 5.91 Å². The number of para-hydroxylation sites is 1. The van der Waals surface area contributed by atoms with Crippen molar-refractivity contribution >= 4 is 40.4 Å². The Labute approximate surface area is 181 Å². The number of rotatable bonds is 4. The Kier molecular flexibility index (Phi) is 5.27. The summed E-state index contributed by atoms with van der Waals surface area (Å²) in [6.07, 6.45) is 1.86. The fourth-order valence-electron chi connectivity index (χ4n) is 4.63. The molecule has 5 nitrogen and oxygen atoms in total. The third kappa shape index (κ3) is 3.01. The van der Waals surface area contributed by atoms with E-state index in [-0.39, 0.29) is 11.9 Å². The summed E-state index contributed by atoms with van der Waals surface area (Å²) < 4.78 is 5.70. The Balaban J connectivity index is 2.01. The van der Waals surface area contributed by atoms with Crippen LogP contribution in [0.2, 0.25) is 5.02 Å². The maximum atomic E-state index is 13.7. The number of nitrogens with zero attached hydrogens (tertiary/aromatic N) is 2. The zero-order valence-electron chi connectivity index (χ0n) is 16.7. The van der Waals surface area contributed by atoms with Gasteiger partial charge in [0, 0.05) is 42.5 Å². The molecule has 2 aromatic rings. The van der Waals surface area contributed by atoms with Gasteiger partial charge in [-0.2, -0.15) is 0 Å². The third-order valence-corrected chi connectivity index (χ3v) is 6.73. The summed E-state index contributed by atoms with van der Waals surface area (Å²) in [6.45, 7) is 0.746. The van der Waals surface area contributed by atoms with Crippen molar-refractivity contribution < 1.29 is 9.53 Å². The lowest BCUT2D eigenvalue weighted by Gasteiger charge is -2.42. The highest BCUT2D eigenvalue weighted by Gasteiger charge is 2.57. The van der Waals surface area contributed by atoms with E-state index in [0.717, 1.165) is 41.2 Å². The van der Waals surface area contributed by atoms with Crippen molar-refractivity contribution in [3.63, 3.8) is 0 Å². The van der Waals surface area contributed by atoms with Crippen LogP contribution in [0.4, 0.5) is 5.69 Å². The molecule has 4 rings (SSSR count). The smallest absolute Gasteiger partial charge is 0.254 e. The molecule has 7 heteroatoms. The number of thiocarbonyl (C=S) groups is 1. The second-order valence-electron chi connectivity index (χ2n) is 7.64. The van der Waals surface area contributed by atoms with E-state index < -0.39 is 5.54 Å². The van der Waals surface area contributed by atoms with Crippen molar-refractivity contribution in [1.29, 1.82) is 0 Å². The highest BCUT2D eigenvalue weighted by molar-refractivity contribution is 7.80. The summed E-state index contributed by atoms with van der Waals surface area (Å²) in [5.41, 5.74) is 1.35. The van der Waals surface area contributed by atoms with Crippen molar-refractivity contribution in [2.45, 2.75) is 24.4 Å². The van der Waals surface area contributed by atoms with Gasteiger partial charge in [-0.05, 0) is 37.1 Å². The molecule has 2 atom stereocenters. The summed E-state index contributed by atoms with van der Waals surface area (Å²) in [5, 5.41) is 3.67. The number of likely N-dealkylation sites (N-methyl/N-ethyl adjacent to an activating group) is 1. The molecule has 0 aliphatic carbocycles. The predicted octanol–water partition coefficient (Wildman–Crippen LogP) is 3.90. The molecule has 1 saturated heterocycles. The van der Waals surface area contributed by atoms with Crippen LogP contribution in [0, 0.1) is 0 Å². The van der Waals surface area contributed by atoms with Crippen LogP contribution in [-0.2, 0) is 10.3 Å². The van der Waals surface area contributed by atoms with Gasteiger partial charge >= 0.3 is 0 Å². The van der Waals surface area contributed by atoms with Crippen molar-refractivity contribution in [1.82, 2.24) is 9.80 Å². The predicted molar refractivity (Wildman–Crippen MR) is 120 cm³/mol. The first-order valence-electron chi connectivity index (χ1n) is 9.64. The number of ether oxygens (including phenoxy) is 1. The molecule has 2 aromatic carbocycles. The topological polar surface area (TPSA) is 44.8 Å². The summed E-state index contributed by atoms with van der Waals surface area (Å²) in [5.74, 6) is 0.560. The Morgan fingerprint density at radius 1 is 1.28 bits per heavy atom. The average molecular weight is 430 g/mol. The van der Waals surface area contributed by atoms with Gasteiger partial charge < -0.3 is 15.0 Å². The number of anilines is 1. The van der Waals surface area contributed by atoms with Crippen LogP contribution in [-0.4, -0.2) is 54.5 Å². The highest BCUT2D eigenvalue weighted by atomic mass is 35.5. The standard InChI is InChI=1S/C22H24ClN3O2S/c1-25(2)20(29)18-8-6-12-26(18)22(15-7-4-5-9-19(15)28-3)16-13-14(23)10-11-17(16)24-21(22)27/h4-5,7,9-11,13,18H,6,8,12H2,1-3H3,(H,24,27)/t18-,22?/m0/s1. The van der Waals surface area contributed by atoms with Gasteiger partial charge in [-0.3, -0.25) is 9.69 Å². The highest BCUT2D eigenvalue weighted by Crippen LogP contribution is 2.51. The van der Waals surface area contributed by atoms with Crippen LogP contribution < -0.4 is 10.1 Å². The maximum absolute atomic E-state index is 13.7. The monoisotopic (exact) mass is 429 g/mol. The van der Waals surface area contributed by atoms with Gasteiger partial charge in [0.05, 0.1) is 18.1 Å². The number of benzene rings is 2. The van der Waals surface area contributed by atoms with E-state index in [1.807, 2.05) is 55.4 Å². The molecule has 29 heavy (non-hydrogen) atoms. The Hall–Kier alpha value is -2.15. The van der Waals surface area contributed by atoms with Crippen LogP contribution in [0.25, 0.3) is 0 Å². The summed E-state index contributed by atoms with van der Waals surface area (Å²) in [4.78, 5) is 18.8. The largest absolute Gasteiger partial charge is 0.496 e. The molecule has 0 radical (unpaired) electrons. The second kappa shape index (κ2) is 7.59. The fourth-order valence-corrected chi connectivity index (χ4v) is 5.05. The third-order valence-electron chi connectivity index (χ3n) is 5.85. The van der Waals surface area contributed by atoms with Gasteiger partial charge in [-0.1, -0.05) is 42.0 Å². The molecule has 0 bridgehead atoms. The number of carbonyl (C=O) groups is 1. The number of amides is 1. The molecule has 1 N–H and O–H groups in total. The lowest BCUT2D eigenvalue weighted by Crippen LogP contribution is -2.57. The van der Waals surface area contributed by atoms with Crippen LogP contribution >= 0.6 is 23.8 Å². The molecule has 1 fully saturated rings. The molecule has 152 valence electrons.